The Labute approximate surface area is 111 Å². The van der Waals surface area contributed by atoms with Crippen LogP contribution in [0.5, 0.6) is 0 Å². The number of thioether (sulfide) groups is 1. The summed E-state index contributed by atoms with van der Waals surface area (Å²) in [6.07, 6.45) is 2.64. The van der Waals surface area contributed by atoms with Gasteiger partial charge >= 0.3 is 0 Å². The Balaban J connectivity index is 1.97. The summed E-state index contributed by atoms with van der Waals surface area (Å²) < 4.78 is 0. The quantitative estimate of drug-likeness (QED) is 0.766. The monoisotopic (exact) mass is 261 g/mol. The Bertz CT molecular complexity index is 469. The normalized spacial score (nSPS) is 17.9. The first-order valence-electron chi connectivity index (χ1n) is 5.83. The number of nitrogens with one attached hydrogen (secondary N) is 1. The predicted octanol–water partition coefficient (Wildman–Crippen LogP) is 0.627. The van der Waals surface area contributed by atoms with Crippen LogP contribution < -0.4 is 11.1 Å². The molecule has 1 saturated heterocycles. The number of pyridine rings is 1. The van der Waals surface area contributed by atoms with E-state index < -0.39 is 0 Å². The van der Waals surface area contributed by atoms with Gasteiger partial charge in [-0.1, -0.05) is 11.8 Å². The number of carbonyl (C=O) groups is 1. The molecular formula is C13H15N3OS. The maximum absolute atomic E-state index is 11.9. The van der Waals surface area contributed by atoms with E-state index in [-0.39, 0.29) is 11.9 Å². The lowest BCUT2D eigenvalue weighted by molar-refractivity contribution is 0.0936. The molecule has 5 heteroatoms. The van der Waals surface area contributed by atoms with Gasteiger partial charge in [0.05, 0.1) is 6.54 Å². The van der Waals surface area contributed by atoms with Gasteiger partial charge in [0.2, 0.25) is 0 Å². The van der Waals surface area contributed by atoms with Gasteiger partial charge in [-0.3, -0.25) is 4.79 Å². The number of rotatable bonds is 2. The molecule has 1 aliphatic rings. The highest BCUT2D eigenvalue weighted by molar-refractivity contribution is 7.99. The topological polar surface area (TPSA) is 68.0 Å². The van der Waals surface area contributed by atoms with Gasteiger partial charge in [-0.15, -0.1) is 0 Å². The number of nitrogens with two attached hydrogens (primary N) is 1. The van der Waals surface area contributed by atoms with Crippen molar-refractivity contribution in [2.24, 2.45) is 5.73 Å². The van der Waals surface area contributed by atoms with Gasteiger partial charge in [0.15, 0.2) is 0 Å². The van der Waals surface area contributed by atoms with Gasteiger partial charge in [0.25, 0.3) is 5.91 Å². The van der Waals surface area contributed by atoms with Gasteiger partial charge in [-0.05, 0) is 24.3 Å². The fourth-order valence-corrected chi connectivity index (χ4v) is 2.82. The van der Waals surface area contributed by atoms with Gasteiger partial charge in [0, 0.05) is 23.6 Å². The summed E-state index contributed by atoms with van der Waals surface area (Å²) in [7, 11) is 0. The Kier molecular flexibility index (Phi) is 4.62. The van der Waals surface area contributed by atoms with Gasteiger partial charge in [-0.25, -0.2) is 4.98 Å². The highest BCUT2D eigenvalue weighted by atomic mass is 32.2. The number of aromatic nitrogens is 1. The van der Waals surface area contributed by atoms with Crippen molar-refractivity contribution in [1.82, 2.24) is 10.3 Å². The predicted molar refractivity (Wildman–Crippen MR) is 73.4 cm³/mol. The highest BCUT2D eigenvalue weighted by Gasteiger charge is 2.18. The van der Waals surface area contributed by atoms with Crippen molar-refractivity contribution in [2.75, 3.05) is 18.1 Å². The van der Waals surface area contributed by atoms with Crippen LogP contribution in [0.1, 0.15) is 22.5 Å². The van der Waals surface area contributed by atoms with Crippen LogP contribution in [0.2, 0.25) is 0 Å². The van der Waals surface area contributed by atoms with Crippen molar-refractivity contribution < 1.29 is 4.79 Å². The molecule has 1 atom stereocenters. The molecule has 4 nitrogen and oxygen atoms in total. The summed E-state index contributed by atoms with van der Waals surface area (Å²) in [6, 6.07) is 3.76. The van der Waals surface area contributed by atoms with Crippen molar-refractivity contribution in [3.05, 3.63) is 29.6 Å². The second kappa shape index (κ2) is 6.43. The van der Waals surface area contributed by atoms with Crippen LogP contribution in [0.15, 0.2) is 18.3 Å². The highest BCUT2D eigenvalue weighted by Crippen LogP contribution is 2.17. The number of hydrogen-bond donors (Lipinski definition) is 2. The Morgan fingerprint density at radius 3 is 3.11 bits per heavy atom. The number of hydrogen-bond acceptors (Lipinski definition) is 4. The van der Waals surface area contributed by atoms with Crippen LogP contribution in [0.25, 0.3) is 0 Å². The fourth-order valence-electron chi connectivity index (χ4n) is 1.66. The summed E-state index contributed by atoms with van der Waals surface area (Å²) in [6.45, 7) is 0.321. The molecule has 1 aliphatic heterocycles. The largest absolute Gasteiger partial charge is 0.347 e. The molecule has 0 aromatic carbocycles. The molecule has 2 heterocycles. The summed E-state index contributed by atoms with van der Waals surface area (Å²) in [4.78, 5) is 16.0. The zero-order chi connectivity index (χ0) is 12.8. The lowest BCUT2D eigenvalue weighted by Crippen LogP contribution is -2.35. The Morgan fingerprint density at radius 1 is 1.61 bits per heavy atom. The van der Waals surface area contributed by atoms with Crippen LogP contribution in [0, 0.1) is 11.8 Å². The first kappa shape index (κ1) is 12.9. The van der Waals surface area contributed by atoms with Crippen LogP contribution in [0.4, 0.5) is 0 Å². The van der Waals surface area contributed by atoms with Crippen LogP contribution in [0.3, 0.4) is 0 Å². The second-order valence-electron chi connectivity index (χ2n) is 3.97. The standard InChI is InChI=1S/C13H15N3OS/c14-6-1-2-10-3-4-12(15-8-10)13(17)16-11-5-7-18-9-11/h3-4,8,11H,5-7,9,14H2,(H,16,17). The molecule has 0 radical (unpaired) electrons. The fraction of sp³-hybridized carbons (Fsp3) is 0.385. The molecule has 3 N–H and O–H groups in total. The summed E-state index contributed by atoms with van der Waals surface area (Å²) >= 11 is 1.87. The van der Waals surface area contributed by atoms with Gasteiger partial charge in [-0.2, -0.15) is 11.8 Å². The molecule has 0 spiro atoms. The van der Waals surface area contributed by atoms with Crippen LogP contribution >= 0.6 is 11.8 Å². The molecule has 1 fully saturated rings. The minimum absolute atomic E-state index is 0.110. The zero-order valence-electron chi connectivity index (χ0n) is 9.98. The lowest BCUT2D eigenvalue weighted by atomic mass is 10.2. The minimum Gasteiger partial charge on any atom is -0.347 e. The van der Waals surface area contributed by atoms with E-state index in [4.69, 9.17) is 5.73 Å². The average molecular weight is 261 g/mol. The van der Waals surface area contributed by atoms with E-state index >= 15 is 0 Å². The maximum atomic E-state index is 11.9. The first-order chi connectivity index (χ1) is 8.79. The lowest BCUT2D eigenvalue weighted by Gasteiger charge is -2.10. The van der Waals surface area contributed by atoms with Crippen molar-refractivity contribution in [1.29, 1.82) is 0 Å². The molecule has 1 amide bonds. The van der Waals surface area contributed by atoms with E-state index in [1.165, 1.54) is 0 Å². The van der Waals surface area contributed by atoms with E-state index in [1.54, 1.807) is 18.3 Å². The van der Waals surface area contributed by atoms with Gasteiger partial charge < -0.3 is 11.1 Å². The maximum Gasteiger partial charge on any atom is 0.270 e. The zero-order valence-corrected chi connectivity index (χ0v) is 10.8. The van der Waals surface area contributed by atoms with Gasteiger partial charge in [0.1, 0.15) is 5.69 Å². The molecule has 1 aromatic heterocycles. The number of carbonyl (C=O) groups excluding carboxylic acids is 1. The van der Waals surface area contributed by atoms with E-state index in [0.717, 1.165) is 23.5 Å². The molecule has 1 unspecified atom stereocenters. The third-order valence-electron chi connectivity index (χ3n) is 2.60. The minimum atomic E-state index is -0.110. The Morgan fingerprint density at radius 2 is 2.50 bits per heavy atom. The number of nitrogens with zero attached hydrogens (tertiary/aromatic N) is 1. The molecule has 0 bridgehead atoms. The third kappa shape index (κ3) is 3.49. The van der Waals surface area contributed by atoms with Crippen molar-refractivity contribution in [2.45, 2.75) is 12.5 Å². The van der Waals surface area contributed by atoms with E-state index in [2.05, 4.69) is 22.1 Å². The van der Waals surface area contributed by atoms with Crippen molar-refractivity contribution >= 4 is 17.7 Å². The van der Waals surface area contributed by atoms with E-state index in [0.29, 0.717) is 12.2 Å². The summed E-state index contributed by atoms with van der Waals surface area (Å²) in [5, 5.41) is 2.98. The van der Waals surface area contributed by atoms with Crippen LogP contribution in [-0.4, -0.2) is 35.0 Å². The van der Waals surface area contributed by atoms with E-state index in [9.17, 15) is 4.79 Å². The molecular weight excluding hydrogens is 246 g/mol. The summed E-state index contributed by atoms with van der Waals surface area (Å²) in [5.41, 5.74) is 6.49. The van der Waals surface area contributed by atoms with E-state index in [1.807, 2.05) is 11.8 Å². The number of amides is 1. The molecule has 2 rings (SSSR count). The summed E-state index contributed by atoms with van der Waals surface area (Å²) in [5.74, 6) is 7.62. The third-order valence-corrected chi connectivity index (χ3v) is 3.76. The smallest absolute Gasteiger partial charge is 0.270 e. The SMILES string of the molecule is NCC#Cc1ccc(C(=O)NC2CCSC2)nc1. The molecule has 94 valence electrons. The average Bonchev–Trinajstić information content (AvgIpc) is 2.89. The second-order valence-corrected chi connectivity index (χ2v) is 5.12. The van der Waals surface area contributed by atoms with Crippen molar-refractivity contribution in [3.63, 3.8) is 0 Å². The van der Waals surface area contributed by atoms with Crippen molar-refractivity contribution in [3.8, 4) is 11.8 Å². The molecule has 18 heavy (non-hydrogen) atoms. The first-order valence-corrected chi connectivity index (χ1v) is 6.98. The molecule has 1 aromatic rings. The molecule has 0 saturated carbocycles. The molecule has 0 aliphatic carbocycles. The Hall–Kier alpha value is -1.51. The van der Waals surface area contributed by atoms with Crippen LogP contribution in [-0.2, 0) is 0 Å².